The van der Waals surface area contributed by atoms with Gasteiger partial charge in [-0.1, -0.05) is 26.2 Å². The molecule has 0 bridgehead atoms. The zero-order chi connectivity index (χ0) is 10.4. The number of rotatable bonds is 3. The van der Waals surface area contributed by atoms with E-state index in [0.29, 0.717) is 12.0 Å². The van der Waals surface area contributed by atoms with E-state index in [1.165, 1.54) is 32.1 Å². The Morgan fingerprint density at radius 1 is 1.36 bits per heavy atom. The summed E-state index contributed by atoms with van der Waals surface area (Å²) < 4.78 is 4.83. The Bertz CT molecular complexity index is 186. The van der Waals surface area contributed by atoms with Crippen molar-refractivity contribution in [3.8, 4) is 0 Å². The number of amides is 1. The average molecular weight is 199 g/mol. The Labute approximate surface area is 86.2 Å². The molecule has 0 aliphatic heterocycles. The second-order valence-corrected chi connectivity index (χ2v) is 4.45. The minimum Gasteiger partial charge on any atom is -0.450 e. The number of hydrogen-bond acceptors (Lipinski definition) is 2. The first kappa shape index (κ1) is 11.3. The molecular formula is C11H21NO2. The van der Waals surface area contributed by atoms with Gasteiger partial charge >= 0.3 is 6.09 Å². The lowest BCUT2D eigenvalue weighted by molar-refractivity contribution is 0.139. The summed E-state index contributed by atoms with van der Waals surface area (Å²) in [6, 6.07) is 0. The van der Waals surface area contributed by atoms with Gasteiger partial charge in [-0.05, 0) is 25.2 Å². The second kappa shape index (κ2) is 5.23. The third-order valence-electron chi connectivity index (χ3n) is 3.00. The summed E-state index contributed by atoms with van der Waals surface area (Å²) in [6.07, 6.45) is 6.09. The lowest BCUT2D eigenvalue weighted by Gasteiger charge is -2.33. The first-order valence-electron chi connectivity index (χ1n) is 5.57. The summed E-state index contributed by atoms with van der Waals surface area (Å²) >= 11 is 0. The zero-order valence-electron chi connectivity index (χ0n) is 9.27. The van der Waals surface area contributed by atoms with Crippen LogP contribution in [0.5, 0.6) is 0 Å². The molecule has 1 amide bonds. The van der Waals surface area contributed by atoms with Gasteiger partial charge in [-0.2, -0.15) is 0 Å². The lowest BCUT2D eigenvalue weighted by Crippen LogP contribution is -2.37. The molecule has 0 unspecified atom stereocenters. The summed E-state index contributed by atoms with van der Waals surface area (Å²) in [5, 5.41) is 2.83. The molecule has 1 aliphatic carbocycles. The fourth-order valence-electron chi connectivity index (χ4n) is 2.05. The molecule has 3 heteroatoms. The molecule has 1 aliphatic rings. The molecule has 1 N–H and O–H groups in total. The normalized spacial score (nSPS) is 20.1. The monoisotopic (exact) mass is 199 g/mol. The van der Waals surface area contributed by atoms with Gasteiger partial charge in [0.1, 0.15) is 0 Å². The van der Waals surface area contributed by atoms with Crippen LogP contribution >= 0.6 is 0 Å². The zero-order valence-corrected chi connectivity index (χ0v) is 9.27. The lowest BCUT2D eigenvalue weighted by atomic mass is 9.76. The van der Waals surface area contributed by atoms with E-state index in [4.69, 9.17) is 4.74 Å². The summed E-state index contributed by atoms with van der Waals surface area (Å²) in [7, 11) is 0. The Kier molecular flexibility index (Phi) is 4.23. The predicted molar refractivity (Wildman–Crippen MR) is 56.2 cm³/mol. The molecule has 1 rings (SSSR count). The highest BCUT2D eigenvalue weighted by Gasteiger charge is 2.27. The first-order chi connectivity index (χ1) is 6.66. The van der Waals surface area contributed by atoms with E-state index in [9.17, 15) is 4.79 Å². The van der Waals surface area contributed by atoms with Gasteiger partial charge in [-0.15, -0.1) is 0 Å². The van der Waals surface area contributed by atoms with Crippen molar-refractivity contribution in [3.05, 3.63) is 0 Å². The van der Waals surface area contributed by atoms with E-state index in [0.717, 1.165) is 6.54 Å². The maximum atomic E-state index is 11.1. The van der Waals surface area contributed by atoms with Gasteiger partial charge in [-0.25, -0.2) is 4.79 Å². The summed E-state index contributed by atoms with van der Waals surface area (Å²) in [4.78, 5) is 11.1. The number of hydrogen-bond donors (Lipinski definition) is 1. The summed E-state index contributed by atoms with van der Waals surface area (Å²) in [5.74, 6) is 0. The molecule has 0 saturated heterocycles. The minimum atomic E-state index is -0.278. The van der Waals surface area contributed by atoms with Crippen molar-refractivity contribution in [1.29, 1.82) is 0 Å². The van der Waals surface area contributed by atoms with Gasteiger partial charge in [0.25, 0.3) is 0 Å². The molecule has 3 nitrogen and oxygen atoms in total. The van der Waals surface area contributed by atoms with Gasteiger partial charge in [0, 0.05) is 6.54 Å². The molecule has 0 radical (unpaired) electrons. The molecule has 0 heterocycles. The Balaban J connectivity index is 2.24. The molecule has 14 heavy (non-hydrogen) atoms. The van der Waals surface area contributed by atoms with Crippen LogP contribution < -0.4 is 5.32 Å². The molecule has 82 valence electrons. The predicted octanol–water partition coefficient (Wildman–Crippen LogP) is 2.70. The van der Waals surface area contributed by atoms with E-state index >= 15 is 0 Å². The Morgan fingerprint density at radius 3 is 2.57 bits per heavy atom. The maximum Gasteiger partial charge on any atom is 0.407 e. The van der Waals surface area contributed by atoms with E-state index in [2.05, 4.69) is 12.2 Å². The molecule has 0 atom stereocenters. The van der Waals surface area contributed by atoms with Crippen LogP contribution in [0.4, 0.5) is 4.79 Å². The van der Waals surface area contributed by atoms with Gasteiger partial charge in [0.05, 0.1) is 6.61 Å². The topological polar surface area (TPSA) is 38.3 Å². The number of carbonyl (C=O) groups is 1. The third kappa shape index (κ3) is 3.56. The van der Waals surface area contributed by atoms with Crippen molar-refractivity contribution in [1.82, 2.24) is 5.32 Å². The van der Waals surface area contributed by atoms with Gasteiger partial charge in [-0.3, -0.25) is 0 Å². The van der Waals surface area contributed by atoms with Gasteiger partial charge in [0.2, 0.25) is 0 Å². The van der Waals surface area contributed by atoms with Crippen molar-refractivity contribution in [3.63, 3.8) is 0 Å². The van der Waals surface area contributed by atoms with Crippen LogP contribution in [-0.4, -0.2) is 19.2 Å². The minimum absolute atomic E-state index is 0.278. The standard InChI is InChI=1S/C11H21NO2/c1-3-14-10(13)12-9-11(2)7-5-4-6-8-11/h3-9H2,1-2H3,(H,12,13). The van der Waals surface area contributed by atoms with E-state index in [1.54, 1.807) is 0 Å². The fourth-order valence-corrected chi connectivity index (χ4v) is 2.05. The number of carbonyl (C=O) groups excluding carboxylic acids is 1. The van der Waals surface area contributed by atoms with Crippen LogP contribution in [0.2, 0.25) is 0 Å². The third-order valence-corrected chi connectivity index (χ3v) is 3.00. The van der Waals surface area contributed by atoms with Crippen LogP contribution in [0.1, 0.15) is 46.0 Å². The van der Waals surface area contributed by atoms with Crippen LogP contribution in [-0.2, 0) is 4.74 Å². The van der Waals surface area contributed by atoms with Crippen molar-refractivity contribution in [2.24, 2.45) is 5.41 Å². The van der Waals surface area contributed by atoms with Crippen LogP contribution in [0.3, 0.4) is 0 Å². The average Bonchev–Trinajstić information content (AvgIpc) is 2.17. The Hall–Kier alpha value is -0.730. The van der Waals surface area contributed by atoms with Crippen LogP contribution in [0.25, 0.3) is 0 Å². The summed E-state index contributed by atoms with van der Waals surface area (Å²) in [5.41, 5.74) is 0.297. The SMILES string of the molecule is CCOC(=O)NCC1(C)CCCCC1. The number of ether oxygens (including phenoxy) is 1. The maximum absolute atomic E-state index is 11.1. The van der Waals surface area contributed by atoms with Crippen molar-refractivity contribution in [2.75, 3.05) is 13.2 Å². The molecule has 1 fully saturated rings. The van der Waals surface area contributed by atoms with Gasteiger partial charge < -0.3 is 10.1 Å². The molecule has 0 aromatic rings. The Morgan fingerprint density at radius 2 is 2.00 bits per heavy atom. The quantitative estimate of drug-likeness (QED) is 0.759. The van der Waals surface area contributed by atoms with Crippen molar-refractivity contribution < 1.29 is 9.53 Å². The fraction of sp³-hybridized carbons (Fsp3) is 0.909. The second-order valence-electron chi connectivity index (χ2n) is 4.45. The van der Waals surface area contributed by atoms with E-state index < -0.39 is 0 Å². The largest absolute Gasteiger partial charge is 0.450 e. The van der Waals surface area contributed by atoms with Gasteiger partial charge in [0.15, 0.2) is 0 Å². The smallest absolute Gasteiger partial charge is 0.407 e. The molecular weight excluding hydrogens is 178 g/mol. The number of alkyl carbamates (subject to hydrolysis) is 1. The summed E-state index contributed by atoms with van der Waals surface area (Å²) in [6.45, 7) is 5.27. The van der Waals surface area contributed by atoms with E-state index in [1.807, 2.05) is 6.92 Å². The highest BCUT2D eigenvalue weighted by atomic mass is 16.5. The number of nitrogens with one attached hydrogen (secondary N) is 1. The van der Waals surface area contributed by atoms with E-state index in [-0.39, 0.29) is 6.09 Å². The highest BCUT2D eigenvalue weighted by molar-refractivity contribution is 5.67. The van der Waals surface area contributed by atoms with Crippen molar-refractivity contribution >= 4 is 6.09 Å². The molecule has 0 aromatic carbocycles. The highest BCUT2D eigenvalue weighted by Crippen LogP contribution is 2.34. The van der Waals surface area contributed by atoms with Crippen molar-refractivity contribution in [2.45, 2.75) is 46.0 Å². The first-order valence-corrected chi connectivity index (χ1v) is 5.57. The molecule has 0 spiro atoms. The molecule has 0 aromatic heterocycles. The van der Waals surface area contributed by atoms with Crippen LogP contribution in [0, 0.1) is 5.41 Å². The van der Waals surface area contributed by atoms with Crippen LogP contribution in [0.15, 0.2) is 0 Å². The molecule has 1 saturated carbocycles.